The summed E-state index contributed by atoms with van der Waals surface area (Å²) in [5.74, 6) is 0.994. The Morgan fingerprint density at radius 1 is 1.09 bits per heavy atom. The quantitative estimate of drug-likeness (QED) is 0.674. The molecular weight excluding hydrogens is 281 g/mol. The summed E-state index contributed by atoms with van der Waals surface area (Å²) in [6.07, 6.45) is 3.61. The fourth-order valence-electron chi connectivity index (χ4n) is 4.63. The van der Waals surface area contributed by atoms with Gasteiger partial charge in [-0.1, -0.05) is 17.3 Å². The van der Waals surface area contributed by atoms with Crippen LogP contribution in [0.4, 0.5) is 10.1 Å². The van der Waals surface area contributed by atoms with Gasteiger partial charge in [-0.15, -0.1) is 0 Å². The Kier molecular flexibility index (Phi) is 3.53. The van der Waals surface area contributed by atoms with Crippen molar-refractivity contribution in [2.24, 2.45) is 17.0 Å². The zero-order chi connectivity index (χ0) is 15.1. The molecule has 4 rings (SSSR count). The minimum absolute atomic E-state index is 0.145. The summed E-state index contributed by atoms with van der Waals surface area (Å²) in [5.41, 5.74) is 1.70. The van der Waals surface area contributed by atoms with Crippen molar-refractivity contribution in [1.29, 1.82) is 0 Å². The number of rotatable bonds is 2. The molecule has 0 radical (unpaired) electrons. The van der Waals surface area contributed by atoms with Crippen molar-refractivity contribution in [3.63, 3.8) is 0 Å². The molecule has 1 aliphatic heterocycles. The summed E-state index contributed by atoms with van der Waals surface area (Å²) in [6.45, 7) is 3.46. The highest BCUT2D eigenvalue weighted by molar-refractivity contribution is 5.94. The second kappa shape index (κ2) is 5.54. The summed E-state index contributed by atoms with van der Waals surface area (Å²) in [7, 11) is 0. The first-order chi connectivity index (χ1) is 10.8. The maximum atomic E-state index is 13.9. The zero-order valence-corrected chi connectivity index (χ0v) is 12.7. The van der Waals surface area contributed by atoms with Crippen LogP contribution in [0.5, 0.6) is 0 Å². The molecular formula is C17H22FN3O. The van der Waals surface area contributed by atoms with Crippen LogP contribution in [0.15, 0.2) is 29.4 Å². The van der Waals surface area contributed by atoms with Crippen molar-refractivity contribution in [2.45, 2.75) is 25.3 Å². The van der Waals surface area contributed by atoms with Crippen molar-refractivity contribution in [2.75, 3.05) is 31.1 Å². The Balaban J connectivity index is 1.45. The summed E-state index contributed by atoms with van der Waals surface area (Å²) < 4.78 is 13.9. The van der Waals surface area contributed by atoms with Gasteiger partial charge >= 0.3 is 0 Å². The Bertz CT molecular complexity index is 583. The van der Waals surface area contributed by atoms with Gasteiger partial charge in [-0.2, -0.15) is 0 Å². The van der Waals surface area contributed by atoms with E-state index in [4.69, 9.17) is 0 Å². The molecule has 0 aromatic heterocycles. The average Bonchev–Trinajstić information content (AvgIpc) is 3.16. The van der Waals surface area contributed by atoms with Gasteiger partial charge < -0.3 is 10.1 Å². The van der Waals surface area contributed by atoms with Gasteiger partial charge in [-0.25, -0.2) is 4.39 Å². The van der Waals surface area contributed by atoms with Crippen molar-refractivity contribution in [3.05, 3.63) is 30.1 Å². The molecule has 3 fully saturated rings. The number of benzene rings is 1. The van der Waals surface area contributed by atoms with E-state index in [2.05, 4.69) is 15.0 Å². The minimum atomic E-state index is -0.145. The molecule has 1 aromatic carbocycles. The van der Waals surface area contributed by atoms with Crippen LogP contribution in [0.3, 0.4) is 0 Å². The summed E-state index contributed by atoms with van der Waals surface area (Å²) in [5, 5.41) is 13.0. The number of hydrogen-bond acceptors (Lipinski definition) is 4. The van der Waals surface area contributed by atoms with E-state index in [-0.39, 0.29) is 5.82 Å². The molecule has 1 aromatic rings. The second-order valence-electron chi connectivity index (χ2n) is 6.71. The molecule has 1 heterocycles. The largest absolute Gasteiger partial charge is 0.411 e. The first-order valence-electron chi connectivity index (χ1n) is 8.23. The van der Waals surface area contributed by atoms with Crippen molar-refractivity contribution in [3.8, 4) is 0 Å². The summed E-state index contributed by atoms with van der Waals surface area (Å²) in [6, 6.07) is 7.30. The Morgan fingerprint density at radius 2 is 1.86 bits per heavy atom. The lowest BCUT2D eigenvalue weighted by molar-refractivity contribution is 0.181. The van der Waals surface area contributed by atoms with E-state index in [1.807, 2.05) is 12.1 Å². The van der Waals surface area contributed by atoms with Gasteiger partial charge in [0.15, 0.2) is 0 Å². The predicted molar refractivity (Wildman–Crippen MR) is 84.0 cm³/mol. The van der Waals surface area contributed by atoms with E-state index in [0.29, 0.717) is 23.6 Å². The fraction of sp³-hybridized carbons (Fsp3) is 0.588. The number of para-hydroxylation sites is 1. The smallest absolute Gasteiger partial charge is 0.146 e. The third kappa shape index (κ3) is 2.19. The van der Waals surface area contributed by atoms with Crippen LogP contribution in [0, 0.1) is 17.7 Å². The first kappa shape index (κ1) is 14.0. The monoisotopic (exact) mass is 303 g/mol. The molecule has 0 unspecified atom stereocenters. The molecule has 0 spiro atoms. The third-order valence-corrected chi connectivity index (χ3v) is 5.66. The van der Waals surface area contributed by atoms with E-state index in [0.717, 1.165) is 31.9 Å². The molecule has 2 saturated carbocycles. The highest BCUT2D eigenvalue weighted by Crippen LogP contribution is 2.45. The van der Waals surface area contributed by atoms with Crippen LogP contribution in [-0.2, 0) is 0 Å². The van der Waals surface area contributed by atoms with E-state index in [9.17, 15) is 9.60 Å². The number of halogens is 1. The van der Waals surface area contributed by atoms with E-state index >= 15 is 0 Å². The molecule has 22 heavy (non-hydrogen) atoms. The SMILES string of the molecule is O/N=C1/[C@H]2CC[C@@H](C2)[C@@H]1N1CCN(c2ccccc2F)CC1. The van der Waals surface area contributed by atoms with Crippen molar-refractivity contribution >= 4 is 11.4 Å². The summed E-state index contributed by atoms with van der Waals surface area (Å²) in [4.78, 5) is 4.56. The number of piperazine rings is 1. The lowest BCUT2D eigenvalue weighted by Crippen LogP contribution is -2.54. The van der Waals surface area contributed by atoms with Crippen LogP contribution in [0.25, 0.3) is 0 Å². The van der Waals surface area contributed by atoms with Crippen LogP contribution >= 0.6 is 0 Å². The number of oxime groups is 1. The van der Waals surface area contributed by atoms with E-state index < -0.39 is 0 Å². The topological polar surface area (TPSA) is 39.1 Å². The van der Waals surface area contributed by atoms with Crippen LogP contribution in [0.2, 0.25) is 0 Å². The lowest BCUT2D eigenvalue weighted by Gasteiger charge is -2.41. The normalized spacial score (nSPS) is 33.8. The molecule has 1 N–H and O–H groups in total. The van der Waals surface area contributed by atoms with Gasteiger partial charge in [0.25, 0.3) is 0 Å². The molecule has 0 amide bonds. The molecule has 2 aliphatic carbocycles. The lowest BCUT2D eigenvalue weighted by atomic mass is 9.91. The van der Waals surface area contributed by atoms with Crippen LogP contribution < -0.4 is 4.90 Å². The van der Waals surface area contributed by atoms with Gasteiger partial charge in [0.05, 0.1) is 17.4 Å². The number of anilines is 1. The Labute approximate surface area is 130 Å². The predicted octanol–water partition coefficient (Wildman–Crippen LogP) is 2.58. The second-order valence-corrected chi connectivity index (χ2v) is 6.71. The molecule has 5 heteroatoms. The highest BCUT2D eigenvalue weighted by atomic mass is 19.1. The first-order valence-corrected chi connectivity index (χ1v) is 8.23. The Morgan fingerprint density at radius 3 is 2.59 bits per heavy atom. The van der Waals surface area contributed by atoms with Crippen LogP contribution in [0.1, 0.15) is 19.3 Å². The number of nitrogens with zero attached hydrogens (tertiary/aromatic N) is 3. The third-order valence-electron chi connectivity index (χ3n) is 5.66. The van der Waals surface area contributed by atoms with E-state index in [1.165, 1.54) is 25.3 Å². The highest BCUT2D eigenvalue weighted by Gasteiger charge is 2.48. The minimum Gasteiger partial charge on any atom is -0.411 e. The zero-order valence-electron chi connectivity index (χ0n) is 12.7. The standard InChI is InChI=1S/C17H22FN3O/c18-14-3-1-2-4-15(14)20-7-9-21(10-8-20)17-13-6-5-12(11-13)16(17)19-22/h1-4,12-13,17,22H,5-11H2/b19-16-/t12-,13-,17-/m0/s1. The van der Waals surface area contributed by atoms with Gasteiger partial charge in [0, 0.05) is 32.1 Å². The van der Waals surface area contributed by atoms with Crippen molar-refractivity contribution < 1.29 is 9.60 Å². The van der Waals surface area contributed by atoms with Gasteiger partial charge in [-0.3, -0.25) is 4.90 Å². The molecule has 3 atom stereocenters. The van der Waals surface area contributed by atoms with Crippen LogP contribution in [-0.4, -0.2) is 48.0 Å². The van der Waals surface area contributed by atoms with Gasteiger partial charge in [0.1, 0.15) is 5.82 Å². The number of fused-ring (bicyclic) bond motifs is 2. The maximum absolute atomic E-state index is 13.9. The molecule has 4 nitrogen and oxygen atoms in total. The molecule has 1 saturated heterocycles. The average molecular weight is 303 g/mol. The maximum Gasteiger partial charge on any atom is 0.146 e. The molecule has 118 valence electrons. The molecule has 3 aliphatic rings. The Hall–Kier alpha value is -1.62. The van der Waals surface area contributed by atoms with Gasteiger partial charge in [0.2, 0.25) is 0 Å². The van der Waals surface area contributed by atoms with Crippen molar-refractivity contribution in [1.82, 2.24) is 4.90 Å². The molecule has 2 bridgehead atoms. The van der Waals surface area contributed by atoms with Gasteiger partial charge in [-0.05, 0) is 37.3 Å². The fourth-order valence-corrected chi connectivity index (χ4v) is 4.63. The summed E-state index contributed by atoms with van der Waals surface area (Å²) >= 11 is 0. The van der Waals surface area contributed by atoms with E-state index in [1.54, 1.807) is 6.07 Å². The number of hydrogen-bond donors (Lipinski definition) is 1.